The van der Waals surface area contributed by atoms with Gasteiger partial charge in [-0.1, -0.05) is 13.8 Å². The summed E-state index contributed by atoms with van der Waals surface area (Å²) in [5.74, 6) is 0. The van der Waals surface area contributed by atoms with Gasteiger partial charge in [-0.05, 0) is 30.0 Å². The number of rotatable bonds is 6. The largest absolute Gasteiger partial charge is 0.367 e. The molecule has 0 spiro atoms. The quantitative estimate of drug-likeness (QED) is 0.644. The van der Waals surface area contributed by atoms with Crippen LogP contribution in [0.1, 0.15) is 25.8 Å². The number of aromatic nitrogens is 1. The molecule has 0 aliphatic rings. The summed E-state index contributed by atoms with van der Waals surface area (Å²) in [6.45, 7) is 7.18. The van der Waals surface area contributed by atoms with Gasteiger partial charge in [0.15, 0.2) is 0 Å². The SMILES string of the molecule is CC(C)(CCN)CNCc1cc[nH]c1. The molecule has 0 bridgehead atoms. The maximum atomic E-state index is 5.55. The first-order valence-corrected chi connectivity index (χ1v) is 5.16. The van der Waals surface area contributed by atoms with E-state index in [0.29, 0.717) is 5.41 Å². The molecule has 3 nitrogen and oxygen atoms in total. The van der Waals surface area contributed by atoms with Gasteiger partial charge in [0.25, 0.3) is 0 Å². The Morgan fingerprint density at radius 1 is 1.50 bits per heavy atom. The van der Waals surface area contributed by atoms with Crippen molar-refractivity contribution in [3.05, 3.63) is 24.0 Å². The highest BCUT2D eigenvalue weighted by atomic mass is 14.9. The third-order valence-corrected chi connectivity index (χ3v) is 2.42. The summed E-state index contributed by atoms with van der Waals surface area (Å²) in [5, 5.41) is 3.44. The van der Waals surface area contributed by atoms with Crippen molar-refractivity contribution in [3.8, 4) is 0 Å². The van der Waals surface area contributed by atoms with E-state index >= 15 is 0 Å². The Labute approximate surface area is 86.1 Å². The van der Waals surface area contributed by atoms with E-state index in [1.807, 2.05) is 12.4 Å². The van der Waals surface area contributed by atoms with Gasteiger partial charge >= 0.3 is 0 Å². The first kappa shape index (κ1) is 11.3. The topological polar surface area (TPSA) is 53.8 Å². The van der Waals surface area contributed by atoms with Crippen molar-refractivity contribution in [1.82, 2.24) is 10.3 Å². The van der Waals surface area contributed by atoms with E-state index < -0.39 is 0 Å². The fraction of sp³-hybridized carbons (Fsp3) is 0.636. The number of nitrogens with two attached hydrogens (primary N) is 1. The molecule has 0 atom stereocenters. The van der Waals surface area contributed by atoms with Gasteiger partial charge in [0, 0.05) is 25.5 Å². The number of aromatic amines is 1. The molecule has 0 aliphatic heterocycles. The van der Waals surface area contributed by atoms with Crippen LogP contribution in [0.3, 0.4) is 0 Å². The minimum absolute atomic E-state index is 0.297. The summed E-state index contributed by atoms with van der Waals surface area (Å²) in [6, 6.07) is 2.09. The lowest BCUT2D eigenvalue weighted by Gasteiger charge is -2.24. The van der Waals surface area contributed by atoms with Crippen LogP contribution in [0.2, 0.25) is 0 Å². The molecule has 1 rings (SSSR count). The molecule has 1 aromatic rings. The fourth-order valence-corrected chi connectivity index (χ4v) is 1.49. The van der Waals surface area contributed by atoms with Crippen molar-refractivity contribution in [2.75, 3.05) is 13.1 Å². The number of nitrogens with one attached hydrogen (secondary N) is 2. The molecule has 0 unspecified atom stereocenters. The second-order valence-electron chi connectivity index (χ2n) is 4.53. The second-order valence-corrected chi connectivity index (χ2v) is 4.53. The van der Waals surface area contributed by atoms with Crippen molar-refractivity contribution in [3.63, 3.8) is 0 Å². The van der Waals surface area contributed by atoms with Crippen LogP contribution in [0.25, 0.3) is 0 Å². The summed E-state index contributed by atoms with van der Waals surface area (Å²) in [4.78, 5) is 3.04. The van der Waals surface area contributed by atoms with Crippen LogP contribution in [0.15, 0.2) is 18.5 Å². The van der Waals surface area contributed by atoms with Crippen molar-refractivity contribution in [2.45, 2.75) is 26.8 Å². The summed E-state index contributed by atoms with van der Waals surface area (Å²) in [6.07, 6.45) is 5.03. The van der Waals surface area contributed by atoms with Crippen LogP contribution in [0, 0.1) is 5.41 Å². The molecule has 0 aliphatic carbocycles. The number of H-pyrrole nitrogens is 1. The minimum Gasteiger partial charge on any atom is -0.367 e. The standard InChI is InChI=1S/C11H21N3/c1-11(2,4-5-12)9-14-8-10-3-6-13-7-10/h3,6-7,13-14H,4-5,8-9,12H2,1-2H3. The van der Waals surface area contributed by atoms with E-state index in [0.717, 1.165) is 26.1 Å². The van der Waals surface area contributed by atoms with Crippen LogP contribution < -0.4 is 11.1 Å². The number of hydrogen-bond acceptors (Lipinski definition) is 2. The molecule has 1 heterocycles. The monoisotopic (exact) mass is 195 g/mol. The molecule has 4 N–H and O–H groups in total. The molecule has 0 fully saturated rings. The third kappa shape index (κ3) is 3.94. The predicted molar refractivity (Wildman–Crippen MR) is 60.0 cm³/mol. The van der Waals surface area contributed by atoms with Crippen molar-refractivity contribution < 1.29 is 0 Å². The zero-order valence-electron chi connectivity index (χ0n) is 9.14. The average Bonchev–Trinajstić information content (AvgIpc) is 2.56. The van der Waals surface area contributed by atoms with Gasteiger partial charge in [0.1, 0.15) is 0 Å². The normalized spacial score (nSPS) is 11.9. The van der Waals surface area contributed by atoms with E-state index in [1.54, 1.807) is 0 Å². The van der Waals surface area contributed by atoms with E-state index in [9.17, 15) is 0 Å². The highest BCUT2D eigenvalue weighted by Crippen LogP contribution is 2.17. The Balaban J connectivity index is 2.20. The van der Waals surface area contributed by atoms with Crippen LogP contribution >= 0.6 is 0 Å². The lowest BCUT2D eigenvalue weighted by Crippen LogP contribution is -2.30. The van der Waals surface area contributed by atoms with Gasteiger partial charge in [0.2, 0.25) is 0 Å². The van der Waals surface area contributed by atoms with Crippen LogP contribution in [0.5, 0.6) is 0 Å². The van der Waals surface area contributed by atoms with Gasteiger partial charge in [-0.3, -0.25) is 0 Å². The van der Waals surface area contributed by atoms with E-state index in [2.05, 4.69) is 30.2 Å². The first-order chi connectivity index (χ1) is 6.64. The Bertz CT molecular complexity index is 239. The highest BCUT2D eigenvalue weighted by Gasteiger charge is 2.15. The molecule has 3 heteroatoms. The summed E-state index contributed by atoms with van der Waals surface area (Å²) in [7, 11) is 0. The lowest BCUT2D eigenvalue weighted by molar-refractivity contribution is 0.319. The van der Waals surface area contributed by atoms with E-state index in [-0.39, 0.29) is 0 Å². The molecule has 0 amide bonds. The molecule has 14 heavy (non-hydrogen) atoms. The predicted octanol–water partition coefficient (Wildman–Crippen LogP) is 1.48. The molecule has 0 radical (unpaired) electrons. The summed E-state index contributed by atoms with van der Waals surface area (Å²) < 4.78 is 0. The summed E-state index contributed by atoms with van der Waals surface area (Å²) in [5.41, 5.74) is 7.14. The zero-order valence-corrected chi connectivity index (χ0v) is 9.14. The van der Waals surface area contributed by atoms with Crippen LogP contribution in [0.4, 0.5) is 0 Å². The van der Waals surface area contributed by atoms with Crippen molar-refractivity contribution >= 4 is 0 Å². The Hall–Kier alpha value is -0.800. The average molecular weight is 195 g/mol. The second kappa shape index (κ2) is 5.17. The summed E-state index contributed by atoms with van der Waals surface area (Å²) >= 11 is 0. The van der Waals surface area contributed by atoms with Crippen molar-refractivity contribution in [1.29, 1.82) is 0 Å². The third-order valence-electron chi connectivity index (χ3n) is 2.42. The smallest absolute Gasteiger partial charge is 0.0220 e. The highest BCUT2D eigenvalue weighted by molar-refractivity contribution is 5.07. The van der Waals surface area contributed by atoms with Gasteiger partial charge < -0.3 is 16.0 Å². The lowest BCUT2D eigenvalue weighted by atomic mass is 9.89. The molecular formula is C11H21N3. The Morgan fingerprint density at radius 3 is 2.86 bits per heavy atom. The van der Waals surface area contributed by atoms with Crippen LogP contribution in [-0.4, -0.2) is 18.1 Å². The van der Waals surface area contributed by atoms with Crippen LogP contribution in [-0.2, 0) is 6.54 Å². The van der Waals surface area contributed by atoms with Gasteiger partial charge in [-0.25, -0.2) is 0 Å². The van der Waals surface area contributed by atoms with E-state index in [1.165, 1.54) is 5.56 Å². The molecule has 80 valence electrons. The van der Waals surface area contributed by atoms with Gasteiger partial charge in [0.05, 0.1) is 0 Å². The van der Waals surface area contributed by atoms with Crippen molar-refractivity contribution in [2.24, 2.45) is 11.1 Å². The van der Waals surface area contributed by atoms with E-state index in [4.69, 9.17) is 5.73 Å². The maximum absolute atomic E-state index is 5.55. The molecular weight excluding hydrogens is 174 g/mol. The molecule has 0 saturated heterocycles. The fourth-order valence-electron chi connectivity index (χ4n) is 1.49. The first-order valence-electron chi connectivity index (χ1n) is 5.16. The Morgan fingerprint density at radius 2 is 2.29 bits per heavy atom. The maximum Gasteiger partial charge on any atom is 0.0220 e. The number of hydrogen-bond donors (Lipinski definition) is 3. The zero-order chi connectivity index (χ0) is 10.4. The molecule has 1 aromatic heterocycles. The molecule has 0 saturated carbocycles. The molecule has 0 aromatic carbocycles. The van der Waals surface area contributed by atoms with Gasteiger partial charge in [-0.15, -0.1) is 0 Å². The van der Waals surface area contributed by atoms with Gasteiger partial charge in [-0.2, -0.15) is 0 Å². The minimum atomic E-state index is 0.297. The Kier molecular flexibility index (Phi) is 4.17.